The van der Waals surface area contributed by atoms with Gasteiger partial charge in [-0.2, -0.15) is 0 Å². The fourth-order valence-electron chi connectivity index (χ4n) is 3.97. The number of amides is 1. The van der Waals surface area contributed by atoms with Crippen LogP contribution in [0.4, 0.5) is 5.69 Å². The van der Waals surface area contributed by atoms with Crippen molar-refractivity contribution in [1.29, 1.82) is 0 Å². The molecule has 2 atom stereocenters. The molecule has 3 rings (SSSR count). The Morgan fingerprint density at radius 2 is 2.00 bits per heavy atom. The smallest absolute Gasteiger partial charge is 0.227 e. The maximum Gasteiger partial charge on any atom is 0.227 e. The number of nitrogens with one attached hydrogen (secondary N) is 1. The number of nitrogens with two attached hydrogens (primary N) is 1. The molecule has 2 saturated carbocycles. The second kappa shape index (κ2) is 6.59. The van der Waals surface area contributed by atoms with Crippen LogP contribution in [0.25, 0.3) is 0 Å². The van der Waals surface area contributed by atoms with Gasteiger partial charge in [-0.05, 0) is 65.6 Å². The van der Waals surface area contributed by atoms with E-state index in [1.54, 1.807) is 7.11 Å². The van der Waals surface area contributed by atoms with Crippen LogP contribution in [0.3, 0.4) is 0 Å². The van der Waals surface area contributed by atoms with Gasteiger partial charge in [0, 0.05) is 22.5 Å². The van der Waals surface area contributed by atoms with E-state index in [0.717, 1.165) is 28.8 Å². The van der Waals surface area contributed by atoms with E-state index in [1.165, 1.54) is 19.3 Å². The molecular formula is C17H23BrN2O2. The molecule has 2 aliphatic carbocycles. The van der Waals surface area contributed by atoms with E-state index in [0.29, 0.717) is 17.9 Å². The minimum absolute atomic E-state index is 0.0770. The van der Waals surface area contributed by atoms with Gasteiger partial charge in [-0.1, -0.05) is 6.42 Å². The second-order valence-corrected chi connectivity index (χ2v) is 7.39. The standard InChI is InChI=1S/C17H23BrN2O2/c1-22-13-5-6-14(18)15(9-13)20-17(21)12-7-10-3-2-4-11(8-12)16(10)19/h5-6,9-12,16H,2-4,7-8,19H2,1H3,(H,20,21). The number of hydrogen-bond acceptors (Lipinski definition) is 3. The van der Waals surface area contributed by atoms with Crippen molar-refractivity contribution in [2.75, 3.05) is 12.4 Å². The van der Waals surface area contributed by atoms with E-state index < -0.39 is 0 Å². The minimum Gasteiger partial charge on any atom is -0.497 e. The van der Waals surface area contributed by atoms with E-state index in [4.69, 9.17) is 10.5 Å². The summed E-state index contributed by atoms with van der Waals surface area (Å²) in [4.78, 5) is 12.6. The highest BCUT2D eigenvalue weighted by molar-refractivity contribution is 9.10. The van der Waals surface area contributed by atoms with Gasteiger partial charge in [0.15, 0.2) is 0 Å². The monoisotopic (exact) mass is 366 g/mol. The normalized spacial score (nSPS) is 30.7. The van der Waals surface area contributed by atoms with Crippen LogP contribution in [-0.2, 0) is 4.79 Å². The van der Waals surface area contributed by atoms with Gasteiger partial charge in [-0.25, -0.2) is 0 Å². The zero-order chi connectivity index (χ0) is 15.7. The van der Waals surface area contributed by atoms with Crippen molar-refractivity contribution in [2.24, 2.45) is 23.5 Å². The maximum absolute atomic E-state index is 12.6. The molecule has 120 valence electrons. The lowest BCUT2D eigenvalue weighted by atomic mass is 9.65. The van der Waals surface area contributed by atoms with E-state index in [2.05, 4.69) is 21.2 Å². The molecule has 0 heterocycles. The molecule has 5 heteroatoms. The van der Waals surface area contributed by atoms with Crippen molar-refractivity contribution in [2.45, 2.75) is 38.1 Å². The largest absolute Gasteiger partial charge is 0.497 e. The molecule has 1 amide bonds. The number of carbonyl (C=O) groups is 1. The van der Waals surface area contributed by atoms with Crippen molar-refractivity contribution >= 4 is 27.5 Å². The Kier molecular flexibility index (Phi) is 4.73. The molecule has 3 N–H and O–H groups in total. The van der Waals surface area contributed by atoms with Crippen LogP contribution in [-0.4, -0.2) is 19.1 Å². The number of ether oxygens (including phenoxy) is 1. The molecular weight excluding hydrogens is 344 g/mol. The lowest BCUT2D eigenvalue weighted by molar-refractivity contribution is -0.122. The number of methoxy groups -OCH3 is 1. The van der Waals surface area contributed by atoms with Gasteiger partial charge >= 0.3 is 0 Å². The third kappa shape index (κ3) is 3.15. The molecule has 0 radical (unpaired) electrons. The average Bonchev–Trinajstić information content (AvgIpc) is 2.49. The van der Waals surface area contributed by atoms with Gasteiger partial charge in [0.25, 0.3) is 0 Å². The third-order valence-corrected chi connectivity index (χ3v) is 5.91. The van der Waals surface area contributed by atoms with Crippen LogP contribution in [0.15, 0.2) is 22.7 Å². The molecule has 4 nitrogen and oxygen atoms in total. The van der Waals surface area contributed by atoms with E-state index in [9.17, 15) is 4.79 Å². The Morgan fingerprint density at radius 1 is 1.32 bits per heavy atom. The van der Waals surface area contributed by atoms with Gasteiger partial charge in [0.2, 0.25) is 5.91 Å². The van der Waals surface area contributed by atoms with Gasteiger partial charge in [0.05, 0.1) is 12.8 Å². The second-order valence-electron chi connectivity index (χ2n) is 6.53. The summed E-state index contributed by atoms with van der Waals surface area (Å²) in [7, 11) is 1.62. The molecule has 2 fully saturated rings. The number of carbonyl (C=O) groups excluding carboxylic acids is 1. The van der Waals surface area contributed by atoms with Crippen molar-refractivity contribution in [3.63, 3.8) is 0 Å². The fraction of sp³-hybridized carbons (Fsp3) is 0.588. The van der Waals surface area contributed by atoms with E-state index in [1.807, 2.05) is 18.2 Å². The molecule has 0 spiro atoms. The number of benzene rings is 1. The van der Waals surface area contributed by atoms with Crippen LogP contribution >= 0.6 is 15.9 Å². The summed E-state index contributed by atoms with van der Waals surface area (Å²) in [6.07, 6.45) is 5.45. The van der Waals surface area contributed by atoms with Crippen LogP contribution < -0.4 is 15.8 Å². The van der Waals surface area contributed by atoms with Gasteiger partial charge in [-0.3, -0.25) is 4.79 Å². The first-order valence-electron chi connectivity index (χ1n) is 7.98. The fourth-order valence-corrected chi connectivity index (χ4v) is 4.31. The SMILES string of the molecule is COc1ccc(Br)c(NC(=O)C2CC3CCCC(C2)C3N)c1. The topological polar surface area (TPSA) is 64.3 Å². The zero-order valence-electron chi connectivity index (χ0n) is 12.8. The van der Waals surface area contributed by atoms with Gasteiger partial charge in [-0.15, -0.1) is 0 Å². The molecule has 22 heavy (non-hydrogen) atoms. The Hall–Kier alpha value is -1.07. The van der Waals surface area contributed by atoms with Crippen LogP contribution in [0.1, 0.15) is 32.1 Å². The number of hydrogen-bond donors (Lipinski definition) is 2. The molecule has 2 aliphatic rings. The van der Waals surface area contributed by atoms with Crippen molar-refractivity contribution < 1.29 is 9.53 Å². The summed E-state index contributed by atoms with van der Waals surface area (Å²) in [5.41, 5.74) is 7.07. The summed E-state index contributed by atoms with van der Waals surface area (Å²) in [6.45, 7) is 0. The first-order valence-corrected chi connectivity index (χ1v) is 8.77. The Labute approximate surface area is 139 Å². The molecule has 0 saturated heterocycles. The average molecular weight is 367 g/mol. The van der Waals surface area contributed by atoms with Crippen molar-refractivity contribution in [3.05, 3.63) is 22.7 Å². The molecule has 1 aromatic rings. The lowest BCUT2D eigenvalue weighted by Crippen LogP contribution is -2.48. The lowest BCUT2D eigenvalue weighted by Gasteiger charge is -2.43. The Balaban J connectivity index is 1.70. The molecule has 2 bridgehead atoms. The van der Waals surface area contributed by atoms with E-state index in [-0.39, 0.29) is 11.8 Å². The quantitative estimate of drug-likeness (QED) is 0.859. The summed E-state index contributed by atoms with van der Waals surface area (Å²) >= 11 is 3.48. The number of rotatable bonds is 3. The molecule has 2 unspecified atom stereocenters. The van der Waals surface area contributed by atoms with Crippen LogP contribution in [0.2, 0.25) is 0 Å². The maximum atomic E-state index is 12.6. The highest BCUT2D eigenvalue weighted by Crippen LogP contribution is 2.42. The molecule has 1 aromatic carbocycles. The summed E-state index contributed by atoms with van der Waals surface area (Å²) < 4.78 is 6.09. The summed E-state index contributed by atoms with van der Waals surface area (Å²) in [6, 6.07) is 5.89. The van der Waals surface area contributed by atoms with Crippen LogP contribution in [0.5, 0.6) is 5.75 Å². The van der Waals surface area contributed by atoms with Crippen molar-refractivity contribution in [1.82, 2.24) is 0 Å². The number of fused-ring (bicyclic) bond motifs is 2. The van der Waals surface area contributed by atoms with Gasteiger partial charge < -0.3 is 15.8 Å². The third-order valence-electron chi connectivity index (χ3n) is 5.22. The first kappa shape index (κ1) is 15.8. The Bertz CT molecular complexity index is 550. The molecule has 0 aliphatic heterocycles. The highest BCUT2D eigenvalue weighted by Gasteiger charge is 2.40. The van der Waals surface area contributed by atoms with Gasteiger partial charge in [0.1, 0.15) is 5.75 Å². The summed E-state index contributed by atoms with van der Waals surface area (Å²) in [5, 5.41) is 3.05. The predicted molar refractivity (Wildman–Crippen MR) is 90.9 cm³/mol. The number of anilines is 1. The predicted octanol–water partition coefficient (Wildman–Crippen LogP) is 3.55. The Morgan fingerprint density at radius 3 is 2.64 bits per heavy atom. The first-order chi connectivity index (χ1) is 10.6. The summed E-state index contributed by atoms with van der Waals surface area (Å²) in [5.74, 6) is 1.95. The highest BCUT2D eigenvalue weighted by atomic mass is 79.9. The van der Waals surface area contributed by atoms with Crippen molar-refractivity contribution in [3.8, 4) is 5.75 Å². The molecule has 0 aromatic heterocycles. The minimum atomic E-state index is 0.0770. The van der Waals surface area contributed by atoms with Crippen LogP contribution in [0, 0.1) is 17.8 Å². The number of halogens is 1. The zero-order valence-corrected chi connectivity index (χ0v) is 14.4. The van der Waals surface area contributed by atoms with E-state index >= 15 is 0 Å².